The molecule has 0 aliphatic rings. The zero-order valence-corrected chi connectivity index (χ0v) is 9.82. The number of anilines is 1. The second-order valence-corrected chi connectivity index (χ2v) is 4.14. The van der Waals surface area contributed by atoms with Crippen molar-refractivity contribution >= 4 is 33.3 Å². The molecule has 84 valence electrons. The fourth-order valence-corrected chi connectivity index (χ4v) is 1.59. The largest absolute Gasteiger partial charge is 0.390 e. The minimum atomic E-state index is -3.17. The van der Waals surface area contributed by atoms with E-state index < -0.39 is 19.1 Å². The van der Waals surface area contributed by atoms with Crippen LogP contribution >= 0.6 is 27.5 Å². The summed E-state index contributed by atoms with van der Waals surface area (Å²) in [6.45, 7) is -1.89. The number of hydrogen-bond acceptors (Lipinski definition) is 3. The van der Waals surface area contributed by atoms with Gasteiger partial charge in [0, 0.05) is 6.20 Å². The third kappa shape index (κ3) is 3.89. The van der Waals surface area contributed by atoms with E-state index in [-0.39, 0.29) is 5.82 Å². The SMILES string of the molecule is OCC(F)(F)CNc1ncc(Cl)cc1Br. The molecule has 1 aromatic rings. The normalized spacial score (nSPS) is 11.5. The Morgan fingerprint density at radius 2 is 2.27 bits per heavy atom. The van der Waals surface area contributed by atoms with Gasteiger partial charge in [-0.1, -0.05) is 11.6 Å². The molecule has 1 rings (SSSR count). The lowest BCUT2D eigenvalue weighted by molar-refractivity contribution is -0.0373. The fourth-order valence-electron chi connectivity index (χ4n) is 0.814. The first-order valence-electron chi connectivity index (χ1n) is 3.98. The zero-order chi connectivity index (χ0) is 11.5. The van der Waals surface area contributed by atoms with Crippen molar-refractivity contribution in [3.63, 3.8) is 0 Å². The maximum atomic E-state index is 12.7. The van der Waals surface area contributed by atoms with E-state index in [0.717, 1.165) is 0 Å². The van der Waals surface area contributed by atoms with E-state index in [1.54, 1.807) is 0 Å². The number of pyridine rings is 1. The fraction of sp³-hybridized carbons (Fsp3) is 0.375. The zero-order valence-electron chi connectivity index (χ0n) is 7.48. The predicted molar refractivity (Wildman–Crippen MR) is 57.5 cm³/mol. The van der Waals surface area contributed by atoms with E-state index in [4.69, 9.17) is 16.7 Å². The van der Waals surface area contributed by atoms with Gasteiger partial charge in [0.1, 0.15) is 12.4 Å². The standard InChI is InChI=1S/C8H8BrClF2N2O/c9-6-1-5(10)2-13-7(6)14-3-8(11,12)4-15/h1-2,15H,3-4H2,(H,13,14). The highest BCUT2D eigenvalue weighted by Gasteiger charge is 2.27. The van der Waals surface area contributed by atoms with Crippen LogP contribution in [0.25, 0.3) is 0 Å². The van der Waals surface area contributed by atoms with Crippen LogP contribution in [0.5, 0.6) is 0 Å². The van der Waals surface area contributed by atoms with Crippen molar-refractivity contribution in [1.29, 1.82) is 0 Å². The molecule has 0 aliphatic carbocycles. The summed E-state index contributed by atoms with van der Waals surface area (Å²) < 4.78 is 25.8. The number of nitrogens with one attached hydrogen (secondary N) is 1. The van der Waals surface area contributed by atoms with Gasteiger partial charge in [-0.15, -0.1) is 0 Å². The van der Waals surface area contributed by atoms with Crippen LogP contribution in [0.4, 0.5) is 14.6 Å². The van der Waals surface area contributed by atoms with Gasteiger partial charge in [0.05, 0.1) is 16.0 Å². The van der Waals surface area contributed by atoms with Gasteiger partial charge in [0.25, 0.3) is 5.92 Å². The molecule has 2 N–H and O–H groups in total. The summed E-state index contributed by atoms with van der Waals surface area (Å²) in [4.78, 5) is 3.81. The van der Waals surface area contributed by atoms with Gasteiger partial charge >= 0.3 is 0 Å². The Bertz CT molecular complexity index is 351. The highest BCUT2D eigenvalue weighted by molar-refractivity contribution is 9.10. The minimum Gasteiger partial charge on any atom is -0.390 e. The van der Waals surface area contributed by atoms with Gasteiger partial charge in [-0.05, 0) is 22.0 Å². The maximum absolute atomic E-state index is 12.7. The van der Waals surface area contributed by atoms with Crippen molar-refractivity contribution in [2.24, 2.45) is 0 Å². The van der Waals surface area contributed by atoms with Crippen LogP contribution in [0.2, 0.25) is 5.02 Å². The molecule has 0 aliphatic heterocycles. The van der Waals surface area contributed by atoms with Crippen LogP contribution in [-0.2, 0) is 0 Å². The first-order chi connectivity index (χ1) is 6.94. The molecule has 1 aromatic heterocycles. The topological polar surface area (TPSA) is 45.1 Å². The van der Waals surface area contributed by atoms with Crippen LogP contribution < -0.4 is 5.32 Å². The maximum Gasteiger partial charge on any atom is 0.287 e. The third-order valence-electron chi connectivity index (χ3n) is 1.55. The summed E-state index contributed by atoms with van der Waals surface area (Å²) in [5.41, 5.74) is 0. The second kappa shape index (κ2) is 5.05. The van der Waals surface area contributed by atoms with Gasteiger partial charge in [0.15, 0.2) is 0 Å². The lowest BCUT2D eigenvalue weighted by Crippen LogP contribution is -2.31. The van der Waals surface area contributed by atoms with E-state index in [0.29, 0.717) is 9.50 Å². The van der Waals surface area contributed by atoms with Crippen LogP contribution in [0.15, 0.2) is 16.7 Å². The predicted octanol–water partition coefficient (Wildman–Crippen LogP) is 2.54. The Morgan fingerprint density at radius 1 is 1.60 bits per heavy atom. The number of aliphatic hydroxyl groups excluding tert-OH is 1. The summed E-state index contributed by atoms with van der Waals surface area (Å²) >= 11 is 8.75. The highest BCUT2D eigenvalue weighted by atomic mass is 79.9. The van der Waals surface area contributed by atoms with E-state index >= 15 is 0 Å². The summed E-state index contributed by atoms with van der Waals surface area (Å²) in [6.07, 6.45) is 1.34. The van der Waals surface area contributed by atoms with Crippen LogP contribution in [-0.4, -0.2) is 29.2 Å². The van der Waals surface area contributed by atoms with Crippen molar-refractivity contribution in [3.8, 4) is 0 Å². The van der Waals surface area contributed by atoms with Gasteiger partial charge < -0.3 is 10.4 Å². The molecule has 0 bridgehead atoms. The molecule has 0 saturated heterocycles. The van der Waals surface area contributed by atoms with Crippen LogP contribution in [0.1, 0.15) is 0 Å². The number of aromatic nitrogens is 1. The van der Waals surface area contributed by atoms with Crippen molar-refractivity contribution in [2.45, 2.75) is 5.92 Å². The lowest BCUT2D eigenvalue weighted by atomic mass is 10.3. The molecule has 7 heteroatoms. The lowest BCUT2D eigenvalue weighted by Gasteiger charge is -2.14. The smallest absolute Gasteiger partial charge is 0.287 e. The number of halogens is 4. The molecule has 0 radical (unpaired) electrons. The summed E-state index contributed by atoms with van der Waals surface area (Å²) in [7, 11) is 0. The molecule has 0 spiro atoms. The highest BCUT2D eigenvalue weighted by Crippen LogP contribution is 2.24. The van der Waals surface area contributed by atoms with Crippen molar-refractivity contribution in [2.75, 3.05) is 18.5 Å². The third-order valence-corrected chi connectivity index (χ3v) is 2.36. The van der Waals surface area contributed by atoms with E-state index in [1.165, 1.54) is 12.3 Å². The number of alkyl halides is 2. The summed E-state index contributed by atoms with van der Waals surface area (Å²) in [5.74, 6) is -2.91. The summed E-state index contributed by atoms with van der Waals surface area (Å²) in [5, 5.41) is 11.2. The molecule has 0 atom stereocenters. The van der Waals surface area contributed by atoms with E-state index in [9.17, 15) is 8.78 Å². The molecule has 1 heterocycles. The molecular formula is C8H8BrClF2N2O. The van der Waals surface area contributed by atoms with Gasteiger partial charge in [-0.2, -0.15) is 0 Å². The Kier molecular flexibility index (Phi) is 4.24. The Hall–Kier alpha value is -0.460. The van der Waals surface area contributed by atoms with Gasteiger partial charge in [0.2, 0.25) is 0 Å². The number of hydrogen-bond donors (Lipinski definition) is 2. The average molecular weight is 302 g/mol. The summed E-state index contributed by atoms with van der Waals surface area (Å²) in [6, 6.07) is 1.54. The van der Waals surface area contributed by atoms with Gasteiger partial charge in [-0.3, -0.25) is 0 Å². The van der Waals surface area contributed by atoms with Crippen molar-refractivity contribution < 1.29 is 13.9 Å². The minimum absolute atomic E-state index is 0.257. The average Bonchev–Trinajstić information content (AvgIpc) is 2.16. The van der Waals surface area contributed by atoms with Crippen LogP contribution in [0, 0.1) is 0 Å². The Labute approximate surface area is 98.6 Å². The Morgan fingerprint density at radius 3 is 2.80 bits per heavy atom. The molecule has 0 aromatic carbocycles. The van der Waals surface area contributed by atoms with Crippen molar-refractivity contribution in [3.05, 3.63) is 21.8 Å². The number of nitrogens with zero attached hydrogens (tertiary/aromatic N) is 1. The number of rotatable bonds is 4. The van der Waals surface area contributed by atoms with Crippen molar-refractivity contribution in [1.82, 2.24) is 4.98 Å². The molecule has 0 fully saturated rings. The molecule has 0 amide bonds. The van der Waals surface area contributed by atoms with E-state index in [2.05, 4.69) is 26.2 Å². The quantitative estimate of drug-likeness (QED) is 0.898. The Balaban J connectivity index is 2.66. The molecule has 0 unspecified atom stereocenters. The van der Waals surface area contributed by atoms with Crippen LogP contribution in [0.3, 0.4) is 0 Å². The first kappa shape index (κ1) is 12.6. The molecule has 15 heavy (non-hydrogen) atoms. The second-order valence-electron chi connectivity index (χ2n) is 2.85. The number of aliphatic hydroxyl groups is 1. The first-order valence-corrected chi connectivity index (χ1v) is 5.15. The van der Waals surface area contributed by atoms with E-state index in [1.807, 2.05) is 0 Å². The monoisotopic (exact) mass is 300 g/mol. The molecular weight excluding hydrogens is 293 g/mol. The van der Waals surface area contributed by atoms with Gasteiger partial charge in [-0.25, -0.2) is 13.8 Å². The molecule has 3 nitrogen and oxygen atoms in total. The molecule has 0 saturated carbocycles.